The molecule has 7 heteroatoms. The summed E-state index contributed by atoms with van der Waals surface area (Å²) >= 11 is 8.46. The van der Waals surface area contributed by atoms with E-state index in [0.717, 1.165) is 6.26 Å². The van der Waals surface area contributed by atoms with Gasteiger partial charge >= 0.3 is 0 Å². The van der Waals surface area contributed by atoms with Crippen molar-refractivity contribution in [1.29, 1.82) is 0 Å². The second kappa shape index (κ2) is 4.96. The van der Waals surface area contributed by atoms with Crippen molar-refractivity contribution in [3.63, 3.8) is 0 Å². The zero-order valence-electron chi connectivity index (χ0n) is 9.11. The molecule has 17 heavy (non-hydrogen) atoms. The lowest BCUT2D eigenvalue weighted by Gasteiger charge is -2.16. The molecule has 0 heterocycles. The zero-order chi connectivity index (χ0) is 13.3. The van der Waals surface area contributed by atoms with Crippen LogP contribution >= 0.6 is 27.5 Å². The van der Waals surface area contributed by atoms with Crippen molar-refractivity contribution in [3.8, 4) is 5.75 Å². The number of rotatable bonds is 4. The van der Waals surface area contributed by atoms with Gasteiger partial charge in [-0.25, -0.2) is 8.42 Å². The van der Waals surface area contributed by atoms with E-state index in [1.54, 1.807) is 12.1 Å². The van der Waals surface area contributed by atoms with Crippen LogP contribution in [0.5, 0.6) is 5.75 Å². The molecular weight excluding hydrogens is 332 g/mol. The van der Waals surface area contributed by atoms with Gasteiger partial charge in [-0.05, 0) is 40.2 Å². The molecule has 94 valence electrons. The minimum absolute atomic E-state index is 0.183. The third-order valence-electron chi connectivity index (χ3n) is 2.08. The average molecular weight is 342 g/mol. The molecule has 0 saturated heterocycles. The number of halogens is 2. The summed E-state index contributed by atoms with van der Waals surface area (Å²) in [5.74, 6) is -0.167. The molecule has 0 aliphatic heterocycles. The number of carbonyl (C=O) groups is 1. The molecule has 0 amide bonds. The number of hydrogen-bond donors (Lipinski definition) is 0. The standard InChI is InChI=1S/C10H10BrClO4S/c1-16-8-5-3-7(4-6-8)9(13)10(11,12)17(2,14)15/h3-6H,1-2H3. The fourth-order valence-electron chi connectivity index (χ4n) is 1.08. The van der Waals surface area contributed by atoms with E-state index in [4.69, 9.17) is 16.3 Å². The SMILES string of the molecule is COc1ccc(C(=O)C(Cl)(Br)S(C)(=O)=O)cc1. The van der Waals surface area contributed by atoms with Crippen LogP contribution in [0.4, 0.5) is 0 Å². The van der Waals surface area contributed by atoms with Gasteiger partial charge in [-0.3, -0.25) is 4.79 Å². The highest BCUT2D eigenvalue weighted by Crippen LogP contribution is 2.34. The minimum Gasteiger partial charge on any atom is -0.497 e. The highest BCUT2D eigenvalue weighted by molar-refractivity contribution is 9.12. The maximum atomic E-state index is 11.9. The maximum Gasteiger partial charge on any atom is 0.261 e. The number of benzene rings is 1. The third-order valence-corrected chi connectivity index (χ3v) is 6.34. The summed E-state index contributed by atoms with van der Waals surface area (Å²) in [7, 11) is -2.27. The molecular formula is C10H10BrClO4S. The first-order chi connectivity index (χ1) is 7.70. The van der Waals surface area contributed by atoms with E-state index in [-0.39, 0.29) is 5.56 Å². The molecule has 0 aliphatic carbocycles. The monoisotopic (exact) mass is 340 g/mol. The molecule has 0 saturated carbocycles. The Morgan fingerprint density at radius 2 is 1.82 bits per heavy atom. The van der Waals surface area contributed by atoms with Crippen molar-refractivity contribution < 1.29 is 17.9 Å². The Morgan fingerprint density at radius 3 is 2.18 bits per heavy atom. The highest BCUT2D eigenvalue weighted by atomic mass is 79.9. The van der Waals surface area contributed by atoms with E-state index in [9.17, 15) is 13.2 Å². The number of Topliss-reactive ketones (excluding diaryl/α,β-unsaturated/α-hetero) is 1. The van der Waals surface area contributed by atoms with Crippen LogP contribution < -0.4 is 4.74 Å². The smallest absolute Gasteiger partial charge is 0.261 e. The summed E-state index contributed by atoms with van der Waals surface area (Å²) in [4.78, 5) is 11.9. The molecule has 0 spiro atoms. The van der Waals surface area contributed by atoms with Crippen LogP contribution in [-0.4, -0.2) is 30.7 Å². The van der Waals surface area contributed by atoms with Crippen molar-refractivity contribution >= 4 is 43.2 Å². The van der Waals surface area contributed by atoms with Gasteiger partial charge < -0.3 is 4.74 Å². The predicted molar refractivity (Wildman–Crippen MR) is 69.7 cm³/mol. The molecule has 4 nitrogen and oxygen atoms in total. The van der Waals surface area contributed by atoms with Crippen molar-refractivity contribution in [1.82, 2.24) is 0 Å². The Kier molecular flexibility index (Phi) is 4.22. The zero-order valence-corrected chi connectivity index (χ0v) is 12.3. The van der Waals surface area contributed by atoms with Crippen LogP contribution in [0.2, 0.25) is 0 Å². The molecule has 1 unspecified atom stereocenters. The van der Waals surface area contributed by atoms with Crippen molar-refractivity contribution in [3.05, 3.63) is 29.8 Å². The molecule has 1 atom stereocenters. The molecule has 0 N–H and O–H groups in total. The summed E-state index contributed by atoms with van der Waals surface area (Å²) in [6.07, 6.45) is 0.885. The first-order valence-corrected chi connectivity index (χ1v) is 7.52. The molecule has 0 bridgehead atoms. The van der Waals surface area contributed by atoms with E-state index in [2.05, 4.69) is 15.9 Å². The lowest BCUT2D eigenvalue weighted by molar-refractivity contribution is 0.1000. The second-order valence-corrected chi connectivity index (χ2v) is 8.47. The number of sulfone groups is 1. The molecule has 1 rings (SSSR count). The summed E-state index contributed by atoms with van der Waals surface area (Å²) in [5.41, 5.74) is 0.183. The van der Waals surface area contributed by atoms with Crippen LogP contribution in [0.25, 0.3) is 0 Å². The first-order valence-electron chi connectivity index (χ1n) is 4.46. The van der Waals surface area contributed by atoms with Gasteiger partial charge in [0.15, 0.2) is 9.84 Å². The number of ketones is 1. The van der Waals surface area contributed by atoms with Gasteiger partial charge in [0.25, 0.3) is 3.12 Å². The Bertz CT molecular complexity index is 522. The van der Waals surface area contributed by atoms with Gasteiger partial charge in [0.1, 0.15) is 5.75 Å². The van der Waals surface area contributed by atoms with Crippen molar-refractivity contribution in [2.24, 2.45) is 0 Å². The van der Waals surface area contributed by atoms with Gasteiger partial charge in [0.05, 0.1) is 7.11 Å². The third kappa shape index (κ3) is 3.00. The lowest BCUT2D eigenvalue weighted by atomic mass is 10.1. The van der Waals surface area contributed by atoms with Gasteiger partial charge in [0.2, 0.25) is 5.78 Å². The Morgan fingerprint density at radius 1 is 1.35 bits per heavy atom. The summed E-state index contributed by atoms with van der Waals surface area (Å²) in [6.45, 7) is 0. The Balaban J connectivity index is 3.13. The van der Waals surface area contributed by atoms with E-state index >= 15 is 0 Å². The predicted octanol–water partition coefficient (Wildman–Crippen LogP) is 2.21. The molecule has 0 fully saturated rings. The topological polar surface area (TPSA) is 60.4 Å². The van der Waals surface area contributed by atoms with Crippen LogP contribution in [0.1, 0.15) is 10.4 Å². The normalized spacial score (nSPS) is 15.1. The highest BCUT2D eigenvalue weighted by Gasteiger charge is 2.44. The van der Waals surface area contributed by atoms with E-state index in [1.807, 2.05) is 0 Å². The van der Waals surface area contributed by atoms with Gasteiger partial charge in [-0.1, -0.05) is 11.6 Å². The van der Waals surface area contributed by atoms with Crippen molar-refractivity contribution in [2.75, 3.05) is 13.4 Å². The number of carbonyl (C=O) groups excluding carboxylic acids is 1. The quantitative estimate of drug-likeness (QED) is 0.622. The van der Waals surface area contributed by atoms with E-state index in [0.29, 0.717) is 5.75 Å². The van der Waals surface area contributed by atoms with Crippen LogP contribution in [0, 0.1) is 0 Å². The maximum absolute atomic E-state index is 11.9. The minimum atomic E-state index is -3.76. The van der Waals surface area contributed by atoms with E-state index < -0.39 is 18.7 Å². The molecule has 0 aromatic heterocycles. The van der Waals surface area contributed by atoms with Crippen LogP contribution in [0.15, 0.2) is 24.3 Å². The van der Waals surface area contributed by atoms with Crippen LogP contribution in [-0.2, 0) is 9.84 Å². The fraction of sp³-hybridized carbons (Fsp3) is 0.300. The molecule has 0 aliphatic rings. The average Bonchev–Trinajstić information content (AvgIpc) is 2.26. The number of alkyl halides is 2. The van der Waals surface area contributed by atoms with Gasteiger partial charge in [-0.15, -0.1) is 0 Å². The molecule has 1 aromatic carbocycles. The number of hydrogen-bond acceptors (Lipinski definition) is 4. The fourth-order valence-corrected chi connectivity index (χ4v) is 1.87. The summed E-state index contributed by atoms with van der Waals surface area (Å²) in [6, 6.07) is 6.00. The van der Waals surface area contributed by atoms with Gasteiger partial charge in [0, 0.05) is 11.8 Å². The summed E-state index contributed by atoms with van der Waals surface area (Å²) in [5, 5.41) is 0. The number of methoxy groups -OCH3 is 1. The first kappa shape index (κ1) is 14.5. The second-order valence-electron chi connectivity index (χ2n) is 3.35. The Hall–Kier alpha value is -0.590. The number of ether oxygens (including phenoxy) is 1. The van der Waals surface area contributed by atoms with Crippen molar-refractivity contribution in [2.45, 2.75) is 3.12 Å². The Labute approximate surface area is 113 Å². The lowest BCUT2D eigenvalue weighted by Crippen LogP contribution is -2.34. The molecule has 1 aromatic rings. The largest absolute Gasteiger partial charge is 0.497 e. The molecule has 0 radical (unpaired) electrons. The van der Waals surface area contributed by atoms with Crippen LogP contribution in [0.3, 0.4) is 0 Å². The van der Waals surface area contributed by atoms with E-state index in [1.165, 1.54) is 19.2 Å². The summed E-state index contributed by atoms with van der Waals surface area (Å²) < 4.78 is 25.5. The van der Waals surface area contributed by atoms with Gasteiger partial charge in [-0.2, -0.15) is 0 Å².